The summed E-state index contributed by atoms with van der Waals surface area (Å²) >= 11 is 0. The highest BCUT2D eigenvalue weighted by molar-refractivity contribution is 5.75. The number of carbonyl (C=O) groups is 1. The molecule has 0 spiro atoms. The molecule has 2 aromatic rings. The number of para-hydroxylation sites is 1. The van der Waals surface area contributed by atoms with Crippen molar-refractivity contribution in [2.24, 2.45) is 0 Å². The Hall–Kier alpha value is -2.40. The average molecular weight is 399 g/mol. The van der Waals surface area contributed by atoms with Gasteiger partial charge < -0.3 is 10.1 Å². The highest BCUT2D eigenvalue weighted by Gasteiger charge is 2.19. The van der Waals surface area contributed by atoms with Gasteiger partial charge in [-0.1, -0.05) is 42.8 Å². The molecule has 1 saturated heterocycles. The number of carbonyl (C=O) groups excluding carboxylic acids is 1. The largest absolute Gasteiger partial charge is 0.491 e. The summed E-state index contributed by atoms with van der Waals surface area (Å²) in [4.78, 5) is 14.7. The third-order valence-corrected chi connectivity index (χ3v) is 5.55. The van der Waals surface area contributed by atoms with Crippen LogP contribution >= 0.6 is 0 Å². The Morgan fingerprint density at radius 3 is 2.69 bits per heavy atom. The number of nitrogens with zero attached hydrogens (tertiary/aromatic N) is 1. The number of likely N-dealkylation sites (tertiary alicyclic amines) is 1. The quantitative estimate of drug-likeness (QED) is 0.624. The summed E-state index contributed by atoms with van der Waals surface area (Å²) < 4.78 is 18.9. The first-order chi connectivity index (χ1) is 14.1. The molecule has 0 bridgehead atoms. The fraction of sp³-hybridized carbons (Fsp3) is 0.458. The van der Waals surface area contributed by atoms with Gasteiger partial charge in [-0.25, -0.2) is 4.39 Å². The van der Waals surface area contributed by atoms with Crippen LogP contribution in [0.3, 0.4) is 0 Å². The van der Waals surface area contributed by atoms with Gasteiger partial charge in [-0.2, -0.15) is 0 Å². The van der Waals surface area contributed by atoms with E-state index in [-0.39, 0.29) is 17.5 Å². The van der Waals surface area contributed by atoms with Crippen LogP contribution in [0.25, 0.3) is 0 Å². The van der Waals surface area contributed by atoms with Crippen molar-refractivity contribution in [2.75, 3.05) is 13.2 Å². The minimum atomic E-state index is -0.378. The van der Waals surface area contributed by atoms with E-state index in [9.17, 15) is 9.18 Å². The maximum absolute atomic E-state index is 13.5. The van der Waals surface area contributed by atoms with E-state index in [1.165, 1.54) is 36.5 Å². The molecule has 156 valence electrons. The van der Waals surface area contributed by atoms with E-state index in [4.69, 9.17) is 4.74 Å². The first-order valence-electron chi connectivity index (χ1n) is 10.6. The van der Waals surface area contributed by atoms with Crippen LogP contribution in [-0.4, -0.2) is 30.0 Å². The monoisotopic (exact) mass is 398 g/mol. The smallest absolute Gasteiger partial charge is 0.220 e. The van der Waals surface area contributed by atoms with Crippen molar-refractivity contribution in [3.63, 3.8) is 0 Å². The Balaban J connectivity index is 1.42. The number of halogens is 1. The van der Waals surface area contributed by atoms with Gasteiger partial charge in [-0.15, -0.1) is 0 Å². The van der Waals surface area contributed by atoms with Crippen LogP contribution in [0.15, 0.2) is 48.5 Å². The molecule has 1 heterocycles. The molecule has 0 aliphatic carbocycles. The van der Waals surface area contributed by atoms with Crippen molar-refractivity contribution in [1.29, 1.82) is 0 Å². The fourth-order valence-electron chi connectivity index (χ4n) is 3.75. The molecule has 4 nitrogen and oxygen atoms in total. The molecule has 0 saturated carbocycles. The van der Waals surface area contributed by atoms with E-state index in [0.717, 1.165) is 13.1 Å². The van der Waals surface area contributed by atoms with E-state index in [1.54, 1.807) is 18.2 Å². The number of nitrogens with one attached hydrogen (secondary N) is 1. The standard InChI is InChI=1S/C24H31FN2O2/c1-19-9-6-7-15-27(19)18-21-11-3-2-10-20(21)17-26-24(28)14-8-16-29-23-13-5-4-12-22(23)25/h2-5,10-13,19H,6-9,14-18H2,1H3,(H,26,28). The van der Waals surface area contributed by atoms with E-state index in [1.807, 2.05) is 6.07 Å². The van der Waals surface area contributed by atoms with Gasteiger partial charge >= 0.3 is 0 Å². The van der Waals surface area contributed by atoms with E-state index >= 15 is 0 Å². The third kappa shape index (κ3) is 6.57. The first-order valence-corrected chi connectivity index (χ1v) is 10.6. The lowest BCUT2D eigenvalue weighted by atomic mass is 10.0. The summed E-state index contributed by atoms with van der Waals surface area (Å²) in [5, 5.41) is 3.01. The molecule has 0 aromatic heterocycles. The maximum Gasteiger partial charge on any atom is 0.220 e. The van der Waals surface area contributed by atoms with Gasteiger partial charge in [0.2, 0.25) is 5.91 Å². The lowest BCUT2D eigenvalue weighted by molar-refractivity contribution is -0.121. The topological polar surface area (TPSA) is 41.6 Å². The zero-order valence-electron chi connectivity index (χ0n) is 17.2. The molecule has 1 amide bonds. The van der Waals surface area contributed by atoms with Crippen LogP contribution in [0, 0.1) is 5.82 Å². The molecule has 2 aromatic carbocycles. The van der Waals surface area contributed by atoms with Crippen molar-refractivity contribution >= 4 is 5.91 Å². The average Bonchev–Trinajstić information content (AvgIpc) is 2.73. The van der Waals surface area contributed by atoms with E-state index in [0.29, 0.717) is 32.0 Å². The molecule has 3 rings (SSSR count). The lowest BCUT2D eigenvalue weighted by Crippen LogP contribution is -2.37. The van der Waals surface area contributed by atoms with Crippen LogP contribution in [-0.2, 0) is 17.9 Å². The Labute approximate surface area is 173 Å². The van der Waals surface area contributed by atoms with Gasteiger partial charge in [0.15, 0.2) is 11.6 Å². The number of hydrogen-bond acceptors (Lipinski definition) is 3. The van der Waals surface area contributed by atoms with Gasteiger partial charge in [0.1, 0.15) is 0 Å². The third-order valence-electron chi connectivity index (χ3n) is 5.55. The van der Waals surface area contributed by atoms with Crippen LogP contribution in [0.1, 0.15) is 50.2 Å². The summed E-state index contributed by atoms with van der Waals surface area (Å²) in [5.74, 6) is -0.159. The van der Waals surface area contributed by atoms with Crippen molar-refractivity contribution in [1.82, 2.24) is 10.2 Å². The van der Waals surface area contributed by atoms with Crippen LogP contribution in [0.5, 0.6) is 5.75 Å². The minimum absolute atomic E-state index is 0.0109. The van der Waals surface area contributed by atoms with Gasteiger partial charge in [0.25, 0.3) is 0 Å². The van der Waals surface area contributed by atoms with Crippen molar-refractivity contribution in [2.45, 2.75) is 58.2 Å². The second-order valence-corrected chi connectivity index (χ2v) is 7.74. The van der Waals surface area contributed by atoms with Crippen molar-refractivity contribution < 1.29 is 13.9 Å². The SMILES string of the molecule is CC1CCCCN1Cc1ccccc1CNC(=O)CCCOc1ccccc1F. The Kier molecular flexibility index (Phi) is 8.05. The molecule has 1 aliphatic rings. The molecule has 1 aliphatic heterocycles. The number of rotatable bonds is 9. The van der Waals surface area contributed by atoms with Crippen LogP contribution in [0.4, 0.5) is 4.39 Å². The molecule has 1 atom stereocenters. The number of ether oxygens (including phenoxy) is 1. The lowest BCUT2D eigenvalue weighted by Gasteiger charge is -2.33. The van der Waals surface area contributed by atoms with Crippen molar-refractivity contribution in [3.05, 3.63) is 65.5 Å². The molecule has 5 heteroatoms. The van der Waals surface area contributed by atoms with Crippen molar-refractivity contribution in [3.8, 4) is 5.75 Å². The molecule has 0 radical (unpaired) electrons. The molecule has 1 N–H and O–H groups in total. The Morgan fingerprint density at radius 2 is 1.90 bits per heavy atom. The molecule has 1 fully saturated rings. The van der Waals surface area contributed by atoms with Crippen LogP contribution < -0.4 is 10.1 Å². The summed E-state index contributed by atoms with van der Waals surface area (Å²) in [6, 6.07) is 15.3. The predicted molar refractivity (Wildman–Crippen MR) is 113 cm³/mol. The Morgan fingerprint density at radius 1 is 1.14 bits per heavy atom. The summed E-state index contributed by atoms with van der Waals surface area (Å²) in [6.45, 7) is 5.23. The first kappa shape index (κ1) is 21.3. The summed E-state index contributed by atoms with van der Waals surface area (Å²) in [6.07, 6.45) is 4.74. The number of benzene rings is 2. The van der Waals surface area contributed by atoms with Gasteiger partial charge in [0, 0.05) is 25.6 Å². The van der Waals surface area contributed by atoms with E-state index in [2.05, 4.69) is 35.3 Å². The second kappa shape index (κ2) is 11.0. The maximum atomic E-state index is 13.5. The molecular formula is C24H31FN2O2. The van der Waals surface area contributed by atoms with Gasteiger partial charge in [-0.3, -0.25) is 9.69 Å². The van der Waals surface area contributed by atoms with Gasteiger partial charge in [-0.05, 0) is 56.0 Å². The van der Waals surface area contributed by atoms with Gasteiger partial charge in [0.05, 0.1) is 6.61 Å². The zero-order valence-corrected chi connectivity index (χ0v) is 17.2. The summed E-state index contributed by atoms with van der Waals surface area (Å²) in [5.41, 5.74) is 2.45. The Bertz CT molecular complexity index is 796. The zero-order chi connectivity index (χ0) is 20.5. The van der Waals surface area contributed by atoms with Crippen LogP contribution in [0.2, 0.25) is 0 Å². The second-order valence-electron chi connectivity index (χ2n) is 7.74. The number of hydrogen-bond donors (Lipinski definition) is 1. The number of piperidine rings is 1. The highest BCUT2D eigenvalue weighted by atomic mass is 19.1. The highest BCUT2D eigenvalue weighted by Crippen LogP contribution is 2.21. The number of amides is 1. The molecule has 1 unspecified atom stereocenters. The predicted octanol–water partition coefficient (Wildman–Crippen LogP) is 4.68. The van der Waals surface area contributed by atoms with E-state index < -0.39 is 0 Å². The fourth-order valence-corrected chi connectivity index (χ4v) is 3.75. The minimum Gasteiger partial charge on any atom is -0.491 e. The molecular weight excluding hydrogens is 367 g/mol. The molecule has 29 heavy (non-hydrogen) atoms. The normalized spacial score (nSPS) is 17.1. The summed E-state index contributed by atoms with van der Waals surface area (Å²) in [7, 11) is 0.